The number of nitrogens with zero attached hydrogens (tertiary/aromatic N) is 2. The first-order valence-electron chi connectivity index (χ1n) is 24.1. The van der Waals surface area contributed by atoms with Crippen molar-refractivity contribution in [2.24, 2.45) is 0 Å². The lowest BCUT2D eigenvalue weighted by Crippen LogP contribution is -2.54. The normalized spacial score (nSPS) is 17.6. The molecule has 16 heteroatoms. The lowest BCUT2D eigenvalue weighted by Gasteiger charge is -2.30. The minimum Gasteiger partial charge on any atom is -0.496 e. The van der Waals surface area contributed by atoms with Gasteiger partial charge in [-0.25, -0.2) is 0 Å². The molecular weight excluding hydrogens is 865 g/mol. The molecule has 16 nitrogen and oxygen atoms in total. The third-order valence-electron chi connectivity index (χ3n) is 13.6. The first-order chi connectivity index (χ1) is 32.9. The van der Waals surface area contributed by atoms with Crippen LogP contribution in [0, 0.1) is 0 Å². The van der Waals surface area contributed by atoms with E-state index in [4.69, 9.17) is 9.47 Å². The Kier molecular flexibility index (Phi) is 18.6. The van der Waals surface area contributed by atoms with Gasteiger partial charge < -0.3 is 51.2 Å². The van der Waals surface area contributed by atoms with Gasteiger partial charge in [0.25, 0.3) is 11.8 Å². The van der Waals surface area contributed by atoms with Crippen molar-refractivity contribution in [3.63, 3.8) is 0 Å². The molecule has 0 bridgehead atoms. The molecule has 4 unspecified atom stereocenters. The van der Waals surface area contributed by atoms with E-state index in [0.717, 1.165) is 47.2 Å². The molecular formula is C52H70N8O8. The molecule has 2 aliphatic heterocycles. The van der Waals surface area contributed by atoms with E-state index in [1.54, 1.807) is 37.7 Å². The van der Waals surface area contributed by atoms with E-state index in [2.05, 4.69) is 31.9 Å². The van der Waals surface area contributed by atoms with Crippen molar-refractivity contribution in [2.75, 3.05) is 54.5 Å². The van der Waals surface area contributed by atoms with Crippen molar-refractivity contribution in [1.29, 1.82) is 0 Å². The molecule has 0 radical (unpaired) electrons. The molecule has 0 saturated carbocycles. The number of hydrogen-bond donors (Lipinski definition) is 6. The number of carbonyl (C=O) groups excluding carboxylic acids is 6. The second kappa shape index (κ2) is 24.7. The van der Waals surface area contributed by atoms with Crippen LogP contribution in [0.5, 0.6) is 11.5 Å². The summed E-state index contributed by atoms with van der Waals surface area (Å²) in [5.74, 6) is -0.558. The van der Waals surface area contributed by atoms with Gasteiger partial charge in [-0.1, -0.05) is 74.2 Å². The smallest absolute Gasteiger partial charge is 0.255 e. The van der Waals surface area contributed by atoms with Gasteiger partial charge in [0.15, 0.2) is 0 Å². The Morgan fingerprint density at radius 1 is 0.574 bits per heavy atom. The van der Waals surface area contributed by atoms with Gasteiger partial charge in [-0.3, -0.25) is 28.8 Å². The minimum absolute atomic E-state index is 0.179. The van der Waals surface area contributed by atoms with Crippen molar-refractivity contribution < 1.29 is 38.2 Å². The second-order valence-corrected chi connectivity index (χ2v) is 18.0. The summed E-state index contributed by atoms with van der Waals surface area (Å²) in [6, 6.07) is 19.8. The molecule has 6 atom stereocenters. The number of methoxy groups -OCH3 is 2. The SMILES string of the molecule is CN[C@@H](C)C(=O)NC(CCCCCCC(NC(=O)[C@H](C)NC)C(=O)N1CCCC1CNC(=O)c1cc2ccccc2cc1OC)C(=O)N1CCCC1CNC(=O)c1cc2ccccc2cc1OC. The summed E-state index contributed by atoms with van der Waals surface area (Å²) in [7, 11) is 6.46. The van der Waals surface area contributed by atoms with Crippen molar-refractivity contribution in [3.8, 4) is 11.5 Å². The summed E-state index contributed by atoms with van der Waals surface area (Å²) in [6.07, 6.45) is 6.53. The predicted molar refractivity (Wildman–Crippen MR) is 264 cm³/mol. The second-order valence-electron chi connectivity index (χ2n) is 18.0. The van der Waals surface area contributed by atoms with Gasteiger partial charge in [0.1, 0.15) is 23.6 Å². The molecule has 0 aromatic heterocycles. The zero-order valence-electron chi connectivity index (χ0n) is 40.5. The first-order valence-corrected chi connectivity index (χ1v) is 24.1. The van der Waals surface area contributed by atoms with Crippen molar-refractivity contribution >= 4 is 57.0 Å². The number of benzene rings is 4. The molecule has 4 aromatic carbocycles. The zero-order chi connectivity index (χ0) is 48.7. The van der Waals surface area contributed by atoms with Crippen molar-refractivity contribution in [1.82, 2.24) is 41.7 Å². The average molecular weight is 935 g/mol. The number of fused-ring (bicyclic) bond motifs is 2. The monoisotopic (exact) mass is 935 g/mol. The highest BCUT2D eigenvalue weighted by atomic mass is 16.5. The summed E-state index contributed by atoms with van der Waals surface area (Å²) in [6.45, 7) is 5.02. The number of unbranched alkanes of at least 4 members (excludes halogenated alkanes) is 3. The van der Waals surface area contributed by atoms with Crippen molar-refractivity contribution in [3.05, 3.63) is 83.9 Å². The number of likely N-dealkylation sites (tertiary alicyclic amines) is 2. The standard InChI is InChI=1S/C52H70N8O8/c1-33(53-3)47(61)57-43(51(65)59-25-15-21-39(59)31-55-49(63)41-27-35-17-11-13-19-37(35)29-45(41)67-5)23-9-7-8-10-24-44(58-48(62)34(2)54-4)52(66)60-26-16-22-40(60)32-56-50(64)42-28-36-18-12-14-20-38(36)30-46(42)68-6/h11-14,17-20,27-30,33-34,39-40,43-44,53-54H,7-10,15-16,21-26,31-32H2,1-6H3,(H,55,63)(H,56,64)(H,57,61)(H,58,62)/t33-,34-,39?,40?,43?,44?/m0/s1. The maximum Gasteiger partial charge on any atom is 0.255 e. The van der Waals surface area contributed by atoms with Crippen LogP contribution in [0.25, 0.3) is 21.5 Å². The van der Waals surface area contributed by atoms with Crippen LogP contribution in [-0.2, 0) is 19.2 Å². The fourth-order valence-electron chi connectivity index (χ4n) is 9.24. The van der Waals surface area contributed by atoms with Crippen LogP contribution >= 0.6 is 0 Å². The van der Waals surface area contributed by atoms with Crippen LogP contribution in [-0.4, -0.2) is 136 Å². The minimum atomic E-state index is -0.762. The molecule has 2 fully saturated rings. The van der Waals surface area contributed by atoms with Gasteiger partial charge in [0.2, 0.25) is 23.6 Å². The van der Waals surface area contributed by atoms with E-state index >= 15 is 0 Å². The molecule has 4 aromatic rings. The lowest BCUT2D eigenvalue weighted by atomic mass is 10.0. The summed E-state index contributed by atoms with van der Waals surface area (Å²) in [5, 5.41) is 21.7. The fraction of sp³-hybridized carbons (Fsp3) is 0.500. The Hall–Kier alpha value is -6.26. The number of amides is 6. The number of hydrogen-bond acceptors (Lipinski definition) is 10. The number of carbonyl (C=O) groups is 6. The maximum atomic E-state index is 14.3. The molecule has 0 spiro atoms. The quantitative estimate of drug-likeness (QED) is 0.0568. The predicted octanol–water partition coefficient (Wildman–Crippen LogP) is 4.68. The third-order valence-corrected chi connectivity index (χ3v) is 13.6. The fourth-order valence-corrected chi connectivity index (χ4v) is 9.24. The van der Waals surface area contributed by atoms with Gasteiger partial charge in [-0.05, 0) is 112 Å². The van der Waals surface area contributed by atoms with Crippen LogP contribution in [0.1, 0.15) is 98.8 Å². The lowest BCUT2D eigenvalue weighted by molar-refractivity contribution is -0.137. The van der Waals surface area contributed by atoms with Crippen LogP contribution in [0.15, 0.2) is 72.8 Å². The Labute approximate surface area is 400 Å². The van der Waals surface area contributed by atoms with Crippen LogP contribution in [0.2, 0.25) is 0 Å². The Balaban J connectivity index is 1.04. The number of rotatable bonds is 23. The summed E-state index contributed by atoms with van der Waals surface area (Å²) in [4.78, 5) is 85.4. The first kappa shape index (κ1) is 51.1. The number of nitrogens with one attached hydrogen (secondary N) is 6. The van der Waals surface area contributed by atoms with Gasteiger partial charge in [0, 0.05) is 38.3 Å². The molecule has 0 aliphatic carbocycles. The highest BCUT2D eigenvalue weighted by Gasteiger charge is 2.36. The topological polar surface area (TPSA) is 200 Å². The molecule has 6 amide bonds. The molecule has 2 heterocycles. The number of ether oxygens (including phenoxy) is 2. The van der Waals surface area contributed by atoms with Gasteiger partial charge >= 0.3 is 0 Å². The Bertz CT molecular complexity index is 2250. The maximum absolute atomic E-state index is 14.3. The highest BCUT2D eigenvalue weighted by molar-refractivity contribution is 6.03. The number of likely N-dealkylation sites (N-methyl/N-ethyl adjacent to an activating group) is 2. The molecule has 68 heavy (non-hydrogen) atoms. The van der Waals surface area contributed by atoms with Crippen LogP contribution < -0.4 is 41.4 Å². The van der Waals surface area contributed by atoms with E-state index in [1.807, 2.05) is 72.8 Å². The van der Waals surface area contributed by atoms with Crippen LogP contribution in [0.4, 0.5) is 0 Å². The van der Waals surface area contributed by atoms with Gasteiger partial charge in [-0.15, -0.1) is 0 Å². The molecule has 6 N–H and O–H groups in total. The largest absolute Gasteiger partial charge is 0.496 e. The highest BCUT2D eigenvalue weighted by Crippen LogP contribution is 2.28. The van der Waals surface area contributed by atoms with E-state index in [1.165, 1.54) is 14.2 Å². The van der Waals surface area contributed by atoms with Crippen LogP contribution in [0.3, 0.4) is 0 Å². The molecule has 2 saturated heterocycles. The zero-order valence-corrected chi connectivity index (χ0v) is 40.5. The van der Waals surface area contributed by atoms with E-state index in [-0.39, 0.29) is 60.6 Å². The third kappa shape index (κ3) is 12.8. The average Bonchev–Trinajstić information content (AvgIpc) is 4.05. The van der Waals surface area contributed by atoms with Crippen molar-refractivity contribution in [2.45, 2.75) is 114 Å². The summed E-state index contributed by atoms with van der Waals surface area (Å²) >= 11 is 0. The Morgan fingerprint density at radius 3 is 1.29 bits per heavy atom. The van der Waals surface area contributed by atoms with E-state index in [9.17, 15) is 28.8 Å². The summed E-state index contributed by atoms with van der Waals surface area (Å²) < 4.78 is 11.1. The molecule has 366 valence electrons. The van der Waals surface area contributed by atoms with Gasteiger partial charge in [0.05, 0.1) is 37.4 Å². The molecule has 2 aliphatic rings. The van der Waals surface area contributed by atoms with E-state index < -0.39 is 24.2 Å². The molecule has 6 rings (SSSR count). The summed E-state index contributed by atoms with van der Waals surface area (Å²) in [5.41, 5.74) is 0.832. The van der Waals surface area contributed by atoms with E-state index in [0.29, 0.717) is 74.2 Å². The Morgan fingerprint density at radius 2 is 0.941 bits per heavy atom. The van der Waals surface area contributed by atoms with Gasteiger partial charge in [-0.2, -0.15) is 0 Å².